The summed E-state index contributed by atoms with van der Waals surface area (Å²) in [4.78, 5) is 16.5. The number of hydrogen-bond acceptors (Lipinski definition) is 3. The van der Waals surface area contributed by atoms with Gasteiger partial charge in [-0.15, -0.1) is 0 Å². The zero-order valence-corrected chi connectivity index (χ0v) is 10.3. The molecule has 1 fully saturated rings. The van der Waals surface area contributed by atoms with Crippen molar-refractivity contribution < 1.29 is 18.0 Å². The van der Waals surface area contributed by atoms with Gasteiger partial charge in [0, 0.05) is 19.2 Å². The highest BCUT2D eigenvalue weighted by molar-refractivity contribution is 5.80. The standard InChI is InChI=1S/C12H14F3N3O/c13-8-6-9(14)12(17-11(8)15)16-7-10(19)18-4-2-1-3-5-18/h6H,1-5,7H2,(H,16,17). The van der Waals surface area contributed by atoms with Gasteiger partial charge >= 0.3 is 0 Å². The molecule has 0 unspecified atom stereocenters. The largest absolute Gasteiger partial charge is 0.358 e. The van der Waals surface area contributed by atoms with Crippen LogP contribution >= 0.6 is 0 Å². The normalized spacial score (nSPS) is 15.4. The fraction of sp³-hybridized carbons (Fsp3) is 0.500. The van der Waals surface area contributed by atoms with Crippen molar-refractivity contribution in [1.82, 2.24) is 9.88 Å². The molecule has 7 heteroatoms. The average molecular weight is 273 g/mol. The molecule has 1 aromatic heterocycles. The minimum Gasteiger partial charge on any atom is -0.358 e. The van der Waals surface area contributed by atoms with Crippen molar-refractivity contribution in [2.45, 2.75) is 19.3 Å². The maximum atomic E-state index is 13.3. The summed E-state index contributed by atoms with van der Waals surface area (Å²) >= 11 is 0. The number of likely N-dealkylation sites (tertiary alicyclic amines) is 1. The average Bonchev–Trinajstić information content (AvgIpc) is 2.42. The molecule has 1 aliphatic rings. The number of nitrogens with zero attached hydrogens (tertiary/aromatic N) is 2. The predicted octanol–water partition coefficient (Wildman–Crippen LogP) is 1.92. The third kappa shape index (κ3) is 3.36. The molecule has 1 amide bonds. The van der Waals surface area contributed by atoms with Crippen LogP contribution in [0.2, 0.25) is 0 Å². The van der Waals surface area contributed by atoms with Gasteiger partial charge in [0.25, 0.3) is 5.95 Å². The Balaban J connectivity index is 1.94. The fourth-order valence-corrected chi connectivity index (χ4v) is 1.98. The molecule has 0 spiro atoms. The van der Waals surface area contributed by atoms with E-state index in [1.165, 1.54) is 0 Å². The van der Waals surface area contributed by atoms with E-state index in [9.17, 15) is 18.0 Å². The van der Waals surface area contributed by atoms with Crippen LogP contribution in [0.15, 0.2) is 6.07 Å². The van der Waals surface area contributed by atoms with Gasteiger partial charge in [0.15, 0.2) is 17.5 Å². The van der Waals surface area contributed by atoms with Crippen LogP contribution in [0.5, 0.6) is 0 Å². The molecule has 2 rings (SSSR count). The van der Waals surface area contributed by atoms with Crippen LogP contribution in [0.1, 0.15) is 19.3 Å². The Bertz CT molecular complexity index is 476. The summed E-state index contributed by atoms with van der Waals surface area (Å²) in [5.74, 6) is -4.43. The number of amides is 1. The number of pyridine rings is 1. The fourth-order valence-electron chi connectivity index (χ4n) is 1.98. The maximum Gasteiger partial charge on any atom is 0.251 e. The first-order chi connectivity index (χ1) is 9.08. The highest BCUT2D eigenvalue weighted by Gasteiger charge is 2.17. The molecular weight excluding hydrogens is 259 g/mol. The Morgan fingerprint density at radius 3 is 2.58 bits per heavy atom. The summed E-state index contributed by atoms with van der Waals surface area (Å²) in [5.41, 5.74) is 0. The van der Waals surface area contributed by atoms with Gasteiger partial charge < -0.3 is 10.2 Å². The van der Waals surface area contributed by atoms with Gasteiger partial charge in [0.2, 0.25) is 5.91 Å². The van der Waals surface area contributed by atoms with Crippen LogP contribution in [0.4, 0.5) is 19.0 Å². The summed E-state index contributed by atoms with van der Waals surface area (Å²) in [6.45, 7) is 1.16. The first-order valence-corrected chi connectivity index (χ1v) is 6.11. The van der Waals surface area contributed by atoms with E-state index in [0.29, 0.717) is 19.2 Å². The van der Waals surface area contributed by atoms with E-state index in [4.69, 9.17) is 0 Å². The van der Waals surface area contributed by atoms with Crippen molar-refractivity contribution in [3.63, 3.8) is 0 Å². The molecule has 1 aliphatic heterocycles. The number of hydrogen-bond donors (Lipinski definition) is 1. The number of carbonyl (C=O) groups excluding carboxylic acids is 1. The van der Waals surface area contributed by atoms with Crippen molar-refractivity contribution in [2.75, 3.05) is 25.0 Å². The van der Waals surface area contributed by atoms with Crippen molar-refractivity contribution in [3.05, 3.63) is 23.6 Å². The van der Waals surface area contributed by atoms with E-state index in [0.717, 1.165) is 19.3 Å². The monoisotopic (exact) mass is 273 g/mol. The van der Waals surface area contributed by atoms with Gasteiger partial charge in [-0.2, -0.15) is 9.37 Å². The molecule has 0 atom stereocenters. The minimum atomic E-state index is -1.39. The van der Waals surface area contributed by atoms with Gasteiger partial charge in [0.05, 0.1) is 6.54 Å². The molecule has 0 aliphatic carbocycles. The second-order valence-corrected chi connectivity index (χ2v) is 4.39. The SMILES string of the molecule is O=C(CNc1nc(F)c(F)cc1F)N1CCCCC1. The Kier molecular flexibility index (Phi) is 4.24. The summed E-state index contributed by atoms with van der Waals surface area (Å²) in [5, 5.41) is 2.39. The summed E-state index contributed by atoms with van der Waals surface area (Å²) < 4.78 is 38.8. The third-order valence-corrected chi connectivity index (χ3v) is 3.00. The van der Waals surface area contributed by atoms with Crippen molar-refractivity contribution >= 4 is 11.7 Å². The predicted molar refractivity (Wildman–Crippen MR) is 63.0 cm³/mol. The molecule has 0 radical (unpaired) electrons. The summed E-state index contributed by atoms with van der Waals surface area (Å²) in [6.07, 6.45) is 2.99. The molecule has 1 N–H and O–H groups in total. The second kappa shape index (κ2) is 5.90. The van der Waals surface area contributed by atoms with Crippen LogP contribution < -0.4 is 5.32 Å². The topological polar surface area (TPSA) is 45.2 Å². The zero-order valence-electron chi connectivity index (χ0n) is 10.3. The number of carbonyl (C=O) groups is 1. The second-order valence-electron chi connectivity index (χ2n) is 4.39. The summed E-state index contributed by atoms with van der Waals surface area (Å²) in [6, 6.07) is 0.399. The highest BCUT2D eigenvalue weighted by atomic mass is 19.2. The molecular formula is C12H14F3N3O. The molecule has 19 heavy (non-hydrogen) atoms. The quantitative estimate of drug-likeness (QED) is 0.856. The number of rotatable bonds is 3. The van der Waals surface area contributed by atoms with E-state index >= 15 is 0 Å². The van der Waals surface area contributed by atoms with Gasteiger partial charge in [-0.3, -0.25) is 4.79 Å². The van der Waals surface area contributed by atoms with Gasteiger partial charge in [0.1, 0.15) is 0 Å². The van der Waals surface area contributed by atoms with E-state index in [1.807, 2.05) is 0 Å². The van der Waals surface area contributed by atoms with E-state index in [2.05, 4.69) is 10.3 Å². The number of anilines is 1. The lowest BCUT2D eigenvalue weighted by atomic mass is 10.1. The van der Waals surface area contributed by atoms with Crippen LogP contribution in [-0.4, -0.2) is 35.4 Å². The Labute approximate surface area is 108 Å². The number of nitrogens with one attached hydrogen (secondary N) is 1. The van der Waals surface area contributed by atoms with Crippen LogP contribution in [0.25, 0.3) is 0 Å². The Morgan fingerprint density at radius 1 is 1.21 bits per heavy atom. The first kappa shape index (κ1) is 13.6. The van der Waals surface area contributed by atoms with Crippen molar-refractivity contribution in [3.8, 4) is 0 Å². The number of halogens is 3. The van der Waals surface area contributed by atoms with E-state index in [1.54, 1.807) is 4.90 Å². The lowest BCUT2D eigenvalue weighted by Gasteiger charge is -2.26. The lowest BCUT2D eigenvalue weighted by molar-refractivity contribution is -0.130. The van der Waals surface area contributed by atoms with Crippen LogP contribution in [0.3, 0.4) is 0 Å². The number of piperidine rings is 1. The molecule has 1 aromatic rings. The zero-order chi connectivity index (χ0) is 13.8. The maximum absolute atomic E-state index is 13.3. The van der Waals surface area contributed by atoms with E-state index < -0.39 is 23.4 Å². The first-order valence-electron chi connectivity index (χ1n) is 6.11. The molecule has 4 nitrogen and oxygen atoms in total. The molecule has 0 bridgehead atoms. The Hall–Kier alpha value is -1.79. The molecule has 104 valence electrons. The smallest absolute Gasteiger partial charge is 0.251 e. The van der Waals surface area contributed by atoms with Gasteiger partial charge in [-0.05, 0) is 19.3 Å². The molecule has 0 saturated carbocycles. The van der Waals surface area contributed by atoms with Gasteiger partial charge in [-0.1, -0.05) is 0 Å². The third-order valence-electron chi connectivity index (χ3n) is 3.00. The van der Waals surface area contributed by atoms with E-state index in [-0.39, 0.29) is 12.5 Å². The van der Waals surface area contributed by atoms with Crippen molar-refractivity contribution in [2.24, 2.45) is 0 Å². The number of aromatic nitrogens is 1. The van der Waals surface area contributed by atoms with Crippen molar-refractivity contribution in [1.29, 1.82) is 0 Å². The molecule has 2 heterocycles. The Morgan fingerprint density at radius 2 is 1.89 bits per heavy atom. The minimum absolute atomic E-state index is 0.186. The van der Waals surface area contributed by atoms with Gasteiger partial charge in [-0.25, -0.2) is 8.78 Å². The molecule has 1 saturated heterocycles. The summed E-state index contributed by atoms with van der Waals surface area (Å²) in [7, 11) is 0. The lowest BCUT2D eigenvalue weighted by Crippen LogP contribution is -2.39. The van der Waals surface area contributed by atoms with Crippen LogP contribution in [-0.2, 0) is 4.79 Å². The molecule has 0 aromatic carbocycles. The highest BCUT2D eigenvalue weighted by Crippen LogP contribution is 2.14. The van der Waals surface area contributed by atoms with Crippen LogP contribution in [0, 0.1) is 17.6 Å².